The van der Waals surface area contributed by atoms with Gasteiger partial charge in [-0.1, -0.05) is 179 Å². The van der Waals surface area contributed by atoms with E-state index in [2.05, 4.69) is 310 Å². The average Bonchev–Trinajstić information content (AvgIpc) is 2.71. The minimum atomic E-state index is 1.04. The summed E-state index contributed by atoms with van der Waals surface area (Å²) in [5, 5.41) is 6.20. The summed E-state index contributed by atoms with van der Waals surface area (Å²) in [6.07, 6.45) is 0. The maximum atomic E-state index is 4.85. The van der Waals surface area contributed by atoms with Gasteiger partial charge >= 0.3 is 0 Å². The number of aryl methyl sites for hydroxylation is 15. The molecule has 5 nitrogen and oxygen atoms in total. The summed E-state index contributed by atoms with van der Waals surface area (Å²) >= 11 is 0. The third-order valence-electron chi connectivity index (χ3n) is 17.3. The van der Waals surface area contributed by atoms with Gasteiger partial charge in [0.2, 0.25) is 0 Å². The average molecular weight is 1240 g/mol. The van der Waals surface area contributed by atoms with Gasteiger partial charge in [-0.15, -0.1) is 0 Å². The maximum absolute atomic E-state index is 4.85. The molecule has 0 bridgehead atoms. The first-order valence-corrected chi connectivity index (χ1v) is 32.9. The third-order valence-corrected chi connectivity index (χ3v) is 17.3. The van der Waals surface area contributed by atoms with Crippen molar-refractivity contribution in [1.29, 1.82) is 0 Å². The van der Waals surface area contributed by atoms with Crippen molar-refractivity contribution in [1.82, 2.24) is 24.9 Å². The van der Waals surface area contributed by atoms with E-state index >= 15 is 0 Å². The zero-order valence-corrected chi connectivity index (χ0v) is 57.8. The van der Waals surface area contributed by atoms with Crippen LogP contribution in [0.4, 0.5) is 0 Å². The van der Waals surface area contributed by atoms with Crippen LogP contribution in [0.2, 0.25) is 0 Å². The van der Waals surface area contributed by atoms with E-state index in [-0.39, 0.29) is 0 Å². The van der Waals surface area contributed by atoms with Gasteiger partial charge in [-0.25, -0.2) is 24.9 Å². The summed E-state index contributed by atoms with van der Waals surface area (Å²) in [6, 6.07) is 85.5. The Bertz CT molecular complexity index is 5240. The molecule has 0 aliphatic carbocycles. The Morgan fingerprint density at radius 2 is 0.453 bits per heavy atom. The van der Waals surface area contributed by atoms with E-state index in [0.29, 0.717) is 0 Å². The molecular weight excluding hydrogens is 1150 g/mol. The van der Waals surface area contributed by atoms with Crippen molar-refractivity contribution in [3.8, 4) is 56.3 Å². The van der Waals surface area contributed by atoms with Crippen molar-refractivity contribution in [2.45, 2.75) is 104 Å². The molecule has 0 saturated carbocycles. The molecule has 0 spiro atoms. The number of pyridine rings is 5. The fraction of sp³-hybridized carbons (Fsp3) is 0.167. The third kappa shape index (κ3) is 16.2. The zero-order valence-electron chi connectivity index (χ0n) is 57.8. The number of nitrogens with zero attached hydrogens (tertiary/aromatic N) is 5. The maximum Gasteiger partial charge on any atom is 0.0714 e. The lowest BCUT2D eigenvalue weighted by Crippen LogP contribution is -1.91. The first-order chi connectivity index (χ1) is 45.7. The molecule has 15 rings (SSSR count). The number of benzene rings is 10. The van der Waals surface area contributed by atoms with E-state index in [4.69, 9.17) is 24.9 Å². The first-order valence-electron chi connectivity index (χ1n) is 32.9. The van der Waals surface area contributed by atoms with E-state index in [1.54, 1.807) is 0 Å². The van der Waals surface area contributed by atoms with Gasteiger partial charge in [0.05, 0.1) is 56.1 Å². The van der Waals surface area contributed by atoms with Crippen molar-refractivity contribution in [2.75, 3.05) is 0 Å². The molecule has 95 heavy (non-hydrogen) atoms. The number of fused-ring (bicyclic) bond motifs is 5. The Balaban J connectivity index is 0.000000121. The van der Waals surface area contributed by atoms with E-state index in [1.807, 2.05) is 36.4 Å². The van der Waals surface area contributed by atoms with Crippen molar-refractivity contribution in [3.63, 3.8) is 0 Å². The zero-order chi connectivity index (χ0) is 67.0. The normalized spacial score (nSPS) is 10.9. The van der Waals surface area contributed by atoms with Gasteiger partial charge in [0.1, 0.15) is 0 Å². The molecule has 0 fully saturated rings. The molecule has 0 atom stereocenters. The number of aromatic nitrogens is 5. The van der Waals surface area contributed by atoms with Gasteiger partial charge in [0, 0.05) is 54.7 Å². The Morgan fingerprint density at radius 1 is 0.158 bits per heavy atom. The second kappa shape index (κ2) is 29.0. The van der Waals surface area contributed by atoms with Crippen LogP contribution in [0.15, 0.2) is 243 Å². The highest BCUT2D eigenvalue weighted by Gasteiger charge is 2.11. The van der Waals surface area contributed by atoms with E-state index in [9.17, 15) is 0 Å². The van der Waals surface area contributed by atoms with Crippen LogP contribution in [0.25, 0.3) is 111 Å². The van der Waals surface area contributed by atoms with Crippen molar-refractivity contribution < 1.29 is 0 Å². The van der Waals surface area contributed by atoms with Gasteiger partial charge in [-0.05, 0) is 251 Å². The second-order valence-electron chi connectivity index (χ2n) is 26.1. The van der Waals surface area contributed by atoms with Crippen LogP contribution >= 0.6 is 0 Å². The molecule has 0 radical (unpaired) electrons. The Morgan fingerprint density at radius 3 is 0.895 bits per heavy atom. The van der Waals surface area contributed by atoms with Crippen LogP contribution in [-0.2, 0) is 0 Å². The van der Waals surface area contributed by atoms with Gasteiger partial charge in [0.25, 0.3) is 0 Å². The minimum Gasteiger partial charge on any atom is -0.248 e. The summed E-state index contributed by atoms with van der Waals surface area (Å²) < 4.78 is 0. The van der Waals surface area contributed by atoms with Crippen molar-refractivity contribution in [3.05, 3.63) is 326 Å². The minimum absolute atomic E-state index is 1.04. The summed E-state index contributed by atoms with van der Waals surface area (Å²) in [7, 11) is 0. The smallest absolute Gasteiger partial charge is 0.0714 e. The van der Waals surface area contributed by atoms with Gasteiger partial charge in [-0.3, -0.25) is 0 Å². The van der Waals surface area contributed by atoms with E-state index in [0.717, 1.165) is 56.1 Å². The predicted octanol–water partition coefficient (Wildman–Crippen LogP) is 24.1. The molecule has 15 aromatic rings. The van der Waals surface area contributed by atoms with Gasteiger partial charge in [0.15, 0.2) is 0 Å². The molecule has 5 heterocycles. The molecular formula is C90H85N5. The number of rotatable bonds is 5. The standard InChI is InChI=1S/2C19H19N.C18H17N.2C17H15N/c1-12-5-6-18-17(10-12)15(4)11-19(20-18)16-8-13(2)7-14(3)9-16;1-12-5-6-17-15(4)11-18(20-19(17)10-12)16-8-13(2)7-14(3)9-16;1-12-5-4-6-15(9-12)17-11-14(3)16-8-7-13(2)10-18(16)19-17;1-12-10-13(2)15-8-9-16(18-17(15)11-12)14-6-4-3-5-7-14;1-12-8-9-15-13(2)11-16(18-17(15)10-12)14-6-4-3-5-7-14/h2*5-11H,1-4H3;4-11H,1-3H3;2*3-11H,1-2H3. The van der Waals surface area contributed by atoms with E-state index < -0.39 is 0 Å². The monoisotopic (exact) mass is 1240 g/mol. The summed E-state index contributed by atoms with van der Waals surface area (Å²) in [6.45, 7) is 32.0. The Labute approximate surface area is 562 Å². The molecule has 0 unspecified atom stereocenters. The summed E-state index contributed by atoms with van der Waals surface area (Å²) in [4.78, 5) is 24.0. The van der Waals surface area contributed by atoms with Crippen LogP contribution < -0.4 is 0 Å². The van der Waals surface area contributed by atoms with Crippen LogP contribution in [0.3, 0.4) is 0 Å². The Kier molecular flexibility index (Phi) is 20.1. The van der Waals surface area contributed by atoms with E-state index in [1.165, 1.54) is 138 Å². The predicted molar refractivity (Wildman–Crippen MR) is 407 cm³/mol. The summed E-state index contributed by atoms with van der Waals surface area (Å²) in [5.41, 5.74) is 35.7. The molecule has 0 amide bonds. The van der Waals surface area contributed by atoms with Crippen LogP contribution in [0, 0.1) is 104 Å². The van der Waals surface area contributed by atoms with Crippen molar-refractivity contribution >= 4 is 54.5 Å². The topological polar surface area (TPSA) is 64.5 Å². The lowest BCUT2D eigenvalue weighted by atomic mass is 10.0. The summed E-state index contributed by atoms with van der Waals surface area (Å²) in [5.74, 6) is 0. The quantitative estimate of drug-likeness (QED) is 0.172. The van der Waals surface area contributed by atoms with Crippen LogP contribution in [-0.4, -0.2) is 24.9 Å². The molecule has 0 N–H and O–H groups in total. The largest absolute Gasteiger partial charge is 0.248 e. The highest BCUT2D eigenvalue weighted by Crippen LogP contribution is 2.32. The molecule has 0 aliphatic heterocycles. The molecule has 0 aliphatic rings. The molecule has 0 saturated heterocycles. The number of hydrogen-bond acceptors (Lipinski definition) is 5. The van der Waals surface area contributed by atoms with Crippen LogP contribution in [0.5, 0.6) is 0 Å². The lowest BCUT2D eigenvalue weighted by Gasteiger charge is -2.09. The molecule has 5 aromatic heterocycles. The Hall–Kier alpha value is -10.8. The fourth-order valence-electron chi connectivity index (χ4n) is 12.7. The SMILES string of the molecule is Cc1cc(C)c2ccc(-c3ccccc3)nc2c1.Cc1cc(C)cc(-c2cc(C)c3cc(C)ccc3n2)c1.Cc1cc(C)cc(-c2cc(C)c3ccc(C)cc3n2)c1.Cc1ccc2c(C)cc(-c3ccccc3)nc2c1.Cc1cccc(-c2cc(C)c3ccc(C)cc3n2)c1. The number of hydrogen-bond donors (Lipinski definition) is 0. The fourth-order valence-corrected chi connectivity index (χ4v) is 12.7. The molecule has 470 valence electrons. The van der Waals surface area contributed by atoms with Crippen molar-refractivity contribution in [2.24, 2.45) is 0 Å². The lowest BCUT2D eigenvalue weighted by molar-refractivity contribution is 1.32. The van der Waals surface area contributed by atoms with Gasteiger partial charge in [-0.2, -0.15) is 0 Å². The highest BCUT2D eigenvalue weighted by atomic mass is 14.7. The molecule has 5 heteroatoms. The van der Waals surface area contributed by atoms with Crippen LogP contribution in [0.1, 0.15) is 83.5 Å². The van der Waals surface area contributed by atoms with Gasteiger partial charge < -0.3 is 0 Å². The second-order valence-corrected chi connectivity index (χ2v) is 26.1. The highest BCUT2D eigenvalue weighted by molar-refractivity contribution is 5.90. The molecule has 10 aromatic carbocycles. The first kappa shape index (κ1) is 65.7.